The lowest BCUT2D eigenvalue weighted by Crippen LogP contribution is -2.30. The van der Waals surface area contributed by atoms with Crippen LogP contribution in [0.5, 0.6) is 5.75 Å². The molecule has 0 aliphatic rings. The van der Waals surface area contributed by atoms with Gasteiger partial charge >= 0.3 is 0 Å². The fourth-order valence-corrected chi connectivity index (χ4v) is 4.13. The van der Waals surface area contributed by atoms with Gasteiger partial charge in [0.2, 0.25) is 10.0 Å². The predicted octanol–water partition coefficient (Wildman–Crippen LogP) is 2.44. The van der Waals surface area contributed by atoms with E-state index in [1.54, 1.807) is 64.3 Å². The van der Waals surface area contributed by atoms with E-state index in [2.05, 4.69) is 5.32 Å². The summed E-state index contributed by atoms with van der Waals surface area (Å²) >= 11 is 0. The van der Waals surface area contributed by atoms with Crippen LogP contribution in [-0.2, 0) is 14.8 Å². The number of rotatable bonds is 9. The first-order valence-corrected chi connectivity index (χ1v) is 11.0. The van der Waals surface area contributed by atoms with Crippen molar-refractivity contribution in [2.24, 2.45) is 0 Å². The van der Waals surface area contributed by atoms with Crippen molar-refractivity contribution in [1.82, 2.24) is 9.21 Å². The van der Waals surface area contributed by atoms with Gasteiger partial charge in [0.05, 0.1) is 4.90 Å². The second kappa shape index (κ2) is 10.2. The molecule has 1 N–H and O–H groups in total. The van der Waals surface area contributed by atoms with Gasteiger partial charge in [-0.05, 0) is 42.5 Å². The minimum absolute atomic E-state index is 0.0769. The molecule has 0 radical (unpaired) electrons. The average Bonchev–Trinajstić information content (AvgIpc) is 2.73. The van der Waals surface area contributed by atoms with E-state index >= 15 is 0 Å². The molecule has 2 amide bonds. The third-order valence-electron chi connectivity index (χ3n) is 4.41. The minimum Gasteiger partial charge on any atom is -0.484 e. The molecule has 2 aromatic carbocycles. The Kier molecular flexibility index (Phi) is 7.96. The molecule has 0 bridgehead atoms. The topological polar surface area (TPSA) is 96.0 Å². The van der Waals surface area contributed by atoms with E-state index < -0.39 is 15.9 Å². The van der Waals surface area contributed by atoms with Gasteiger partial charge in [0.1, 0.15) is 5.75 Å². The van der Waals surface area contributed by atoms with Crippen molar-refractivity contribution in [3.05, 3.63) is 54.1 Å². The Labute approximate surface area is 177 Å². The molecule has 2 aromatic rings. The van der Waals surface area contributed by atoms with E-state index in [0.29, 0.717) is 24.5 Å². The minimum atomic E-state index is -3.65. The first-order chi connectivity index (χ1) is 14.2. The van der Waals surface area contributed by atoms with Crippen LogP contribution in [-0.4, -0.2) is 63.2 Å². The van der Waals surface area contributed by atoms with Crippen LogP contribution in [0.25, 0.3) is 0 Å². The fraction of sp³-hybridized carbons (Fsp3) is 0.333. The summed E-state index contributed by atoms with van der Waals surface area (Å²) in [5.41, 5.74) is 0.753. The van der Waals surface area contributed by atoms with Crippen LogP contribution >= 0.6 is 0 Å². The Morgan fingerprint density at radius 3 is 2.20 bits per heavy atom. The van der Waals surface area contributed by atoms with Gasteiger partial charge in [0.25, 0.3) is 11.8 Å². The maximum Gasteiger partial charge on any atom is 0.259 e. The Morgan fingerprint density at radius 2 is 1.63 bits per heavy atom. The van der Waals surface area contributed by atoms with Crippen molar-refractivity contribution in [3.63, 3.8) is 0 Å². The highest BCUT2D eigenvalue weighted by Gasteiger charge is 2.22. The Balaban J connectivity index is 2.09. The van der Waals surface area contributed by atoms with Gasteiger partial charge in [0, 0.05) is 38.4 Å². The van der Waals surface area contributed by atoms with Gasteiger partial charge in [-0.2, -0.15) is 4.31 Å². The van der Waals surface area contributed by atoms with E-state index in [4.69, 9.17) is 4.74 Å². The third kappa shape index (κ3) is 5.80. The molecule has 0 saturated carbocycles. The molecule has 0 heterocycles. The molecule has 0 aromatic heterocycles. The lowest BCUT2D eigenvalue weighted by molar-refractivity contribution is -0.130. The molecule has 30 heavy (non-hydrogen) atoms. The van der Waals surface area contributed by atoms with Crippen molar-refractivity contribution in [1.29, 1.82) is 0 Å². The summed E-state index contributed by atoms with van der Waals surface area (Å²) in [6.07, 6.45) is 0. The SMILES string of the molecule is CCN(CC)S(=O)(=O)c1cccc(C(=O)Nc2ccc(OCC(=O)N(C)C)cc2)c1. The molecular weight excluding hydrogens is 406 g/mol. The first-order valence-electron chi connectivity index (χ1n) is 9.53. The van der Waals surface area contributed by atoms with Crippen molar-refractivity contribution < 1.29 is 22.7 Å². The molecule has 0 unspecified atom stereocenters. The average molecular weight is 434 g/mol. The number of likely N-dealkylation sites (N-methyl/N-ethyl adjacent to an activating group) is 1. The second-order valence-electron chi connectivity index (χ2n) is 6.67. The van der Waals surface area contributed by atoms with E-state index in [-0.39, 0.29) is 23.0 Å². The molecular formula is C21H27N3O5S. The van der Waals surface area contributed by atoms with Gasteiger partial charge in [-0.3, -0.25) is 9.59 Å². The van der Waals surface area contributed by atoms with E-state index in [0.717, 1.165) is 0 Å². The van der Waals surface area contributed by atoms with Crippen molar-refractivity contribution >= 4 is 27.5 Å². The molecule has 2 rings (SSSR count). The number of hydrogen-bond donors (Lipinski definition) is 1. The van der Waals surface area contributed by atoms with E-state index in [1.165, 1.54) is 21.3 Å². The van der Waals surface area contributed by atoms with Crippen molar-refractivity contribution in [2.45, 2.75) is 18.7 Å². The summed E-state index contributed by atoms with van der Waals surface area (Å²) in [6, 6.07) is 12.5. The van der Waals surface area contributed by atoms with Crippen molar-refractivity contribution in [3.8, 4) is 5.75 Å². The van der Waals surface area contributed by atoms with Crippen molar-refractivity contribution in [2.75, 3.05) is 39.1 Å². The summed E-state index contributed by atoms with van der Waals surface area (Å²) in [5, 5.41) is 2.73. The quantitative estimate of drug-likeness (QED) is 0.655. The smallest absolute Gasteiger partial charge is 0.259 e. The highest BCUT2D eigenvalue weighted by molar-refractivity contribution is 7.89. The van der Waals surface area contributed by atoms with Crippen LogP contribution in [0.2, 0.25) is 0 Å². The van der Waals surface area contributed by atoms with Crippen LogP contribution in [0.3, 0.4) is 0 Å². The molecule has 0 aliphatic carbocycles. The maximum atomic E-state index is 12.7. The highest BCUT2D eigenvalue weighted by Crippen LogP contribution is 2.19. The van der Waals surface area contributed by atoms with Crippen LogP contribution in [0.15, 0.2) is 53.4 Å². The summed E-state index contributed by atoms with van der Waals surface area (Å²) in [4.78, 5) is 25.6. The van der Waals surface area contributed by atoms with Gasteiger partial charge < -0.3 is 15.0 Å². The monoisotopic (exact) mass is 433 g/mol. The second-order valence-corrected chi connectivity index (χ2v) is 8.61. The summed E-state index contributed by atoms with van der Waals surface area (Å²) < 4.78 is 32.1. The summed E-state index contributed by atoms with van der Waals surface area (Å²) in [6.45, 7) is 4.16. The molecule has 0 saturated heterocycles. The molecule has 0 spiro atoms. The van der Waals surface area contributed by atoms with Crippen LogP contribution < -0.4 is 10.1 Å². The molecule has 0 atom stereocenters. The molecule has 9 heteroatoms. The number of amides is 2. The molecule has 8 nitrogen and oxygen atoms in total. The summed E-state index contributed by atoms with van der Waals surface area (Å²) in [5.74, 6) is -0.0921. The predicted molar refractivity (Wildman–Crippen MR) is 115 cm³/mol. The number of nitrogens with zero attached hydrogens (tertiary/aromatic N) is 2. The number of nitrogens with one attached hydrogen (secondary N) is 1. The van der Waals surface area contributed by atoms with E-state index in [9.17, 15) is 18.0 Å². The Bertz CT molecular complexity index is 984. The number of hydrogen-bond acceptors (Lipinski definition) is 5. The van der Waals surface area contributed by atoms with Crippen LogP contribution in [0.4, 0.5) is 5.69 Å². The zero-order valence-electron chi connectivity index (χ0n) is 17.6. The van der Waals surface area contributed by atoms with E-state index in [1.807, 2.05) is 0 Å². The van der Waals surface area contributed by atoms with Crippen LogP contribution in [0.1, 0.15) is 24.2 Å². The number of ether oxygens (including phenoxy) is 1. The molecule has 0 aliphatic heterocycles. The molecule has 162 valence electrons. The standard InChI is InChI=1S/C21H27N3O5S/c1-5-24(6-2)30(27,28)19-9-7-8-16(14-19)21(26)22-17-10-12-18(13-11-17)29-15-20(25)23(3)4/h7-14H,5-6,15H2,1-4H3,(H,22,26). The zero-order chi connectivity index (χ0) is 22.3. The van der Waals surface area contributed by atoms with Gasteiger partial charge in [-0.15, -0.1) is 0 Å². The van der Waals surface area contributed by atoms with Gasteiger partial charge in [0.15, 0.2) is 6.61 Å². The number of anilines is 1. The Hall–Kier alpha value is -2.91. The third-order valence-corrected chi connectivity index (χ3v) is 6.46. The maximum absolute atomic E-state index is 12.7. The largest absolute Gasteiger partial charge is 0.484 e. The number of sulfonamides is 1. The lowest BCUT2D eigenvalue weighted by atomic mass is 10.2. The lowest BCUT2D eigenvalue weighted by Gasteiger charge is -2.18. The van der Waals surface area contributed by atoms with Gasteiger partial charge in [-0.1, -0.05) is 19.9 Å². The zero-order valence-corrected chi connectivity index (χ0v) is 18.4. The fourth-order valence-electron chi connectivity index (χ4n) is 2.62. The highest BCUT2D eigenvalue weighted by atomic mass is 32.2. The molecule has 0 fully saturated rings. The number of carbonyl (C=O) groups excluding carboxylic acids is 2. The normalized spacial score (nSPS) is 11.2. The number of carbonyl (C=O) groups is 2. The van der Waals surface area contributed by atoms with Crippen LogP contribution in [0, 0.1) is 0 Å². The number of benzene rings is 2. The first kappa shape index (κ1) is 23.4. The van der Waals surface area contributed by atoms with Gasteiger partial charge in [-0.25, -0.2) is 8.42 Å². The Morgan fingerprint density at radius 1 is 1.00 bits per heavy atom. The summed E-state index contributed by atoms with van der Waals surface area (Å²) in [7, 11) is -0.359.